The van der Waals surface area contributed by atoms with Gasteiger partial charge in [-0.25, -0.2) is 0 Å². The summed E-state index contributed by atoms with van der Waals surface area (Å²) in [6.07, 6.45) is 1.66. The molecule has 18 heavy (non-hydrogen) atoms. The lowest BCUT2D eigenvalue weighted by molar-refractivity contribution is -0.921. The number of likely N-dealkylation sites (tertiary alicyclic amines) is 1. The molecule has 1 fully saturated rings. The third kappa shape index (κ3) is 3.37. The van der Waals surface area contributed by atoms with E-state index < -0.39 is 5.97 Å². The van der Waals surface area contributed by atoms with Crippen molar-refractivity contribution in [1.29, 1.82) is 0 Å². The monoisotopic (exact) mass is 287 g/mol. The van der Waals surface area contributed by atoms with Crippen LogP contribution < -0.4 is 10.0 Å². The van der Waals surface area contributed by atoms with E-state index >= 15 is 0 Å². The molecule has 1 heterocycles. The van der Waals surface area contributed by atoms with Gasteiger partial charge in [0.15, 0.2) is 0 Å². The molecule has 0 saturated carbocycles. The van der Waals surface area contributed by atoms with Gasteiger partial charge >= 0.3 is 0 Å². The van der Waals surface area contributed by atoms with E-state index in [-0.39, 0.29) is 5.92 Å². The van der Waals surface area contributed by atoms with Crippen LogP contribution in [0.4, 0.5) is 0 Å². The average Bonchev–Trinajstić information content (AvgIpc) is 2.34. The Kier molecular flexibility index (Phi) is 4.49. The second-order valence-electron chi connectivity index (χ2n) is 4.79. The molecule has 1 N–H and O–H groups in total. The van der Waals surface area contributed by atoms with Crippen molar-refractivity contribution in [2.24, 2.45) is 5.92 Å². The largest absolute Gasteiger partial charge is 0.550 e. The summed E-state index contributed by atoms with van der Waals surface area (Å²) in [5.74, 6) is -1.25. The minimum Gasteiger partial charge on any atom is -0.550 e. The number of halogens is 2. The highest BCUT2D eigenvalue weighted by atomic mass is 35.5. The Balaban J connectivity index is 2.00. The van der Waals surface area contributed by atoms with Crippen LogP contribution in [0, 0.1) is 5.92 Å². The summed E-state index contributed by atoms with van der Waals surface area (Å²) in [4.78, 5) is 12.1. The van der Waals surface area contributed by atoms with Gasteiger partial charge in [-0.2, -0.15) is 0 Å². The zero-order valence-electron chi connectivity index (χ0n) is 9.92. The van der Waals surface area contributed by atoms with E-state index in [0.717, 1.165) is 31.5 Å². The molecule has 1 aliphatic heterocycles. The van der Waals surface area contributed by atoms with Crippen LogP contribution in [0.2, 0.25) is 10.0 Å². The Morgan fingerprint density at radius 1 is 1.39 bits per heavy atom. The molecule has 98 valence electrons. The molecule has 2 rings (SSSR count). The molecule has 2 atom stereocenters. The van der Waals surface area contributed by atoms with Crippen LogP contribution in [-0.4, -0.2) is 19.1 Å². The van der Waals surface area contributed by atoms with Crippen molar-refractivity contribution in [2.75, 3.05) is 13.1 Å². The maximum atomic E-state index is 10.9. The van der Waals surface area contributed by atoms with Crippen LogP contribution in [0.15, 0.2) is 18.2 Å². The number of carbonyl (C=O) groups excluding carboxylic acids is 1. The maximum Gasteiger partial charge on any atom is 0.103 e. The molecule has 1 saturated heterocycles. The molecule has 1 aliphatic rings. The number of hydrogen-bond acceptors (Lipinski definition) is 2. The number of carbonyl (C=O) groups is 1. The number of carboxylic acids is 1. The van der Waals surface area contributed by atoms with Crippen molar-refractivity contribution >= 4 is 29.2 Å². The summed E-state index contributed by atoms with van der Waals surface area (Å²) in [5, 5.41) is 12.0. The summed E-state index contributed by atoms with van der Waals surface area (Å²) >= 11 is 11.8. The van der Waals surface area contributed by atoms with Crippen LogP contribution in [0.5, 0.6) is 0 Å². The summed E-state index contributed by atoms with van der Waals surface area (Å²) < 4.78 is 0. The van der Waals surface area contributed by atoms with E-state index in [1.165, 1.54) is 4.90 Å². The second-order valence-corrected chi connectivity index (χ2v) is 5.60. The van der Waals surface area contributed by atoms with Crippen molar-refractivity contribution in [3.8, 4) is 0 Å². The fourth-order valence-corrected chi connectivity index (χ4v) is 2.77. The molecule has 0 aliphatic carbocycles. The van der Waals surface area contributed by atoms with Gasteiger partial charge in [0.1, 0.15) is 6.54 Å². The molecule has 1 aromatic rings. The minimum absolute atomic E-state index is 0.323. The van der Waals surface area contributed by atoms with Crippen LogP contribution in [0.1, 0.15) is 18.4 Å². The first-order valence-electron chi connectivity index (χ1n) is 6.04. The van der Waals surface area contributed by atoms with Gasteiger partial charge in [0, 0.05) is 11.5 Å². The first-order valence-corrected chi connectivity index (χ1v) is 6.80. The standard InChI is InChI=1S/C13H15Cl2NO2/c14-11-4-3-9(6-12(11)15)7-16-5-1-2-10(8-16)13(17)18/h3-4,6,10H,1-2,5,7-8H2,(H,17,18)/t10-/m0/s1. The Morgan fingerprint density at radius 2 is 2.17 bits per heavy atom. The van der Waals surface area contributed by atoms with Gasteiger partial charge in [-0.1, -0.05) is 29.3 Å². The lowest BCUT2D eigenvalue weighted by atomic mass is 9.98. The zero-order chi connectivity index (χ0) is 13.1. The molecule has 5 heteroatoms. The molecular formula is C13H15Cl2NO2. The van der Waals surface area contributed by atoms with E-state index in [0.29, 0.717) is 16.6 Å². The number of hydrogen-bond donors (Lipinski definition) is 1. The van der Waals surface area contributed by atoms with E-state index in [1.54, 1.807) is 6.07 Å². The third-order valence-electron chi connectivity index (χ3n) is 3.39. The first-order chi connectivity index (χ1) is 8.56. The SMILES string of the molecule is O=C([O-])[C@H]1CCC[NH+](Cc2ccc(Cl)c(Cl)c2)C1. The van der Waals surface area contributed by atoms with Crippen molar-refractivity contribution in [3.63, 3.8) is 0 Å². The van der Waals surface area contributed by atoms with Crippen molar-refractivity contribution < 1.29 is 14.8 Å². The van der Waals surface area contributed by atoms with Gasteiger partial charge in [0.05, 0.1) is 29.1 Å². The Morgan fingerprint density at radius 3 is 2.83 bits per heavy atom. The first kappa shape index (κ1) is 13.7. The molecule has 0 amide bonds. The Bertz CT molecular complexity index is 451. The van der Waals surface area contributed by atoms with Gasteiger partial charge in [-0.15, -0.1) is 0 Å². The smallest absolute Gasteiger partial charge is 0.103 e. The Hall–Kier alpha value is -0.770. The highest BCUT2D eigenvalue weighted by molar-refractivity contribution is 6.42. The molecule has 1 aromatic carbocycles. The Labute approximate surface area is 116 Å². The topological polar surface area (TPSA) is 44.6 Å². The molecule has 0 aromatic heterocycles. The molecule has 1 unspecified atom stereocenters. The predicted octanol–water partition coefficient (Wildman–Crippen LogP) is 0.538. The number of benzene rings is 1. The highest BCUT2D eigenvalue weighted by Crippen LogP contribution is 2.22. The van der Waals surface area contributed by atoms with Crippen LogP contribution in [0.3, 0.4) is 0 Å². The van der Waals surface area contributed by atoms with Crippen LogP contribution >= 0.6 is 23.2 Å². The van der Waals surface area contributed by atoms with Gasteiger partial charge in [0.2, 0.25) is 0 Å². The van der Waals surface area contributed by atoms with Gasteiger partial charge < -0.3 is 14.8 Å². The van der Waals surface area contributed by atoms with Crippen molar-refractivity contribution in [1.82, 2.24) is 0 Å². The second kappa shape index (κ2) is 5.91. The number of rotatable bonds is 3. The molecule has 3 nitrogen and oxygen atoms in total. The van der Waals surface area contributed by atoms with Crippen LogP contribution in [-0.2, 0) is 11.3 Å². The summed E-state index contributed by atoms with van der Waals surface area (Å²) in [7, 11) is 0. The number of quaternary nitrogens is 1. The average molecular weight is 288 g/mol. The van der Waals surface area contributed by atoms with E-state index in [2.05, 4.69) is 0 Å². The number of piperidine rings is 1. The maximum absolute atomic E-state index is 10.9. The summed E-state index contributed by atoms with van der Waals surface area (Å²) in [6.45, 7) is 2.40. The molecule has 0 bridgehead atoms. The summed E-state index contributed by atoms with van der Waals surface area (Å²) in [5.41, 5.74) is 1.08. The fourth-order valence-electron chi connectivity index (χ4n) is 2.45. The molecular weight excluding hydrogens is 273 g/mol. The lowest BCUT2D eigenvalue weighted by Gasteiger charge is -2.30. The number of carboxylic acid groups (broad SMARTS) is 1. The van der Waals surface area contributed by atoms with E-state index in [1.807, 2.05) is 12.1 Å². The summed E-state index contributed by atoms with van der Waals surface area (Å²) in [6, 6.07) is 5.56. The third-order valence-corrected chi connectivity index (χ3v) is 4.13. The number of nitrogens with one attached hydrogen (secondary N) is 1. The molecule has 0 spiro atoms. The minimum atomic E-state index is -0.929. The quantitative estimate of drug-likeness (QED) is 0.882. The van der Waals surface area contributed by atoms with Gasteiger partial charge in [0.25, 0.3) is 0 Å². The zero-order valence-corrected chi connectivity index (χ0v) is 11.4. The predicted molar refractivity (Wildman–Crippen MR) is 68.6 cm³/mol. The van der Waals surface area contributed by atoms with E-state index in [4.69, 9.17) is 23.2 Å². The lowest BCUT2D eigenvalue weighted by Crippen LogP contribution is -3.12. The van der Waals surface area contributed by atoms with Gasteiger partial charge in [-0.05, 0) is 25.0 Å². The normalized spacial score (nSPS) is 23.9. The van der Waals surface area contributed by atoms with Crippen LogP contribution in [0.25, 0.3) is 0 Å². The number of aliphatic carboxylic acids is 1. The highest BCUT2D eigenvalue weighted by Gasteiger charge is 2.24. The fraction of sp³-hybridized carbons (Fsp3) is 0.462. The van der Waals surface area contributed by atoms with Crippen molar-refractivity contribution in [2.45, 2.75) is 19.4 Å². The van der Waals surface area contributed by atoms with Crippen molar-refractivity contribution in [3.05, 3.63) is 33.8 Å². The molecule has 0 radical (unpaired) electrons. The van der Waals surface area contributed by atoms with Gasteiger partial charge in [-0.3, -0.25) is 0 Å². The van der Waals surface area contributed by atoms with E-state index in [9.17, 15) is 9.90 Å².